The van der Waals surface area contributed by atoms with Gasteiger partial charge in [-0.1, -0.05) is 13.0 Å². The zero-order valence-electron chi connectivity index (χ0n) is 11.1. The first kappa shape index (κ1) is 12.1. The van der Waals surface area contributed by atoms with Gasteiger partial charge in [-0.3, -0.25) is 0 Å². The van der Waals surface area contributed by atoms with Gasteiger partial charge in [0.25, 0.3) is 0 Å². The second-order valence-electron chi connectivity index (χ2n) is 5.34. The van der Waals surface area contributed by atoms with Crippen molar-refractivity contribution in [3.63, 3.8) is 0 Å². The molecule has 0 atom stereocenters. The predicted octanol–water partition coefficient (Wildman–Crippen LogP) is 3.43. The second-order valence-corrected chi connectivity index (χ2v) is 5.34. The minimum atomic E-state index is 0.0144. The van der Waals surface area contributed by atoms with Crippen molar-refractivity contribution in [1.82, 2.24) is 9.88 Å². The number of rotatable bonds is 1. The number of H-pyrrole nitrogens is 1. The van der Waals surface area contributed by atoms with Gasteiger partial charge >= 0.3 is 6.03 Å². The predicted molar refractivity (Wildman–Crippen MR) is 77.3 cm³/mol. The van der Waals surface area contributed by atoms with E-state index in [1.165, 1.54) is 0 Å². The first-order valence-corrected chi connectivity index (χ1v) is 6.86. The molecule has 0 aliphatic carbocycles. The van der Waals surface area contributed by atoms with Crippen molar-refractivity contribution in [3.05, 3.63) is 30.5 Å². The molecule has 1 aromatic carbocycles. The summed E-state index contributed by atoms with van der Waals surface area (Å²) in [5, 5.41) is 4.08. The summed E-state index contributed by atoms with van der Waals surface area (Å²) in [4.78, 5) is 17.3. The summed E-state index contributed by atoms with van der Waals surface area (Å²) >= 11 is 0. The van der Waals surface area contributed by atoms with Crippen LogP contribution < -0.4 is 5.32 Å². The highest BCUT2D eigenvalue weighted by Crippen LogP contribution is 2.23. The molecule has 4 heteroatoms. The number of nitrogens with one attached hydrogen (secondary N) is 2. The van der Waals surface area contributed by atoms with E-state index in [2.05, 4.69) is 17.2 Å². The molecule has 3 rings (SSSR count). The summed E-state index contributed by atoms with van der Waals surface area (Å²) < 4.78 is 0. The average Bonchev–Trinajstić information content (AvgIpc) is 2.89. The Hall–Kier alpha value is -1.97. The maximum Gasteiger partial charge on any atom is 0.321 e. The number of urea groups is 1. The van der Waals surface area contributed by atoms with Gasteiger partial charge in [-0.2, -0.15) is 0 Å². The number of carbonyl (C=O) groups is 1. The van der Waals surface area contributed by atoms with Gasteiger partial charge in [0.2, 0.25) is 0 Å². The smallest absolute Gasteiger partial charge is 0.321 e. The summed E-state index contributed by atoms with van der Waals surface area (Å²) in [7, 11) is 0. The number of fused-ring (bicyclic) bond motifs is 1. The fourth-order valence-electron chi connectivity index (χ4n) is 2.60. The fourth-order valence-corrected chi connectivity index (χ4v) is 2.60. The molecule has 4 nitrogen and oxygen atoms in total. The molecule has 0 unspecified atom stereocenters. The van der Waals surface area contributed by atoms with Gasteiger partial charge in [0, 0.05) is 30.2 Å². The van der Waals surface area contributed by atoms with Gasteiger partial charge in [-0.25, -0.2) is 4.79 Å². The average molecular weight is 257 g/mol. The Morgan fingerprint density at radius 3 is 2.89 bits per heavy atom. The van der Waals surface area contributed by atoms with Gasteiger partial charge in [-0.15, -0.1) is 0 Å². The highest BCUT2D eigenvalue weighted by atomic mass is 16.2. The number of aromatic nitrogens is 1. The Bertz CT molecular complexity index is 582. The number of benzene rings is 1. The molecule has 100 valence electrons. The molecule has 1 saturated heterocycles. The highest BCUT2D eigenvalue weighted by Gasteiger charge is 2.20. The van der Waals surface area contributed by atoms with Crippen LogP contribution in [0.4, 0.5) is 10.5 Å². The molecule has 2 N–H and O–H groups in total. The van der Waals surface area contributed by atoms with Crippen molar-refractivity contribution in [2.24, 2.45) is 5.92 Å². The second kappa shape index (κ2) is 4.96. The molecular formula is C15H19N3O. The number of nitrogens with zero attached hydrogens (tertiary/aromatic N) is 1. The molecule has 19 heavy (non-hydrogen) atoms. The third-order valence-corrected chi connectivity index (χ3v) is 3.91. The number of hydrogen-bond acceptors (Lipinski definition) is 1. The van der Waals surface area contributed by atoms with E-state index < -0.39 is 0 Å². The Labute approximate surface area is 112 Å². The summed E-state index contributed by atoms with van der Waals surface area (Å²) in [5.74, 6) is 0.733. The van der Waals surface area contributed by atoms with Crippen molar-refractivity contribution >= 4 is 22.6 Å². The normalized spacial score (nSPS) is 16.8. The first-order chi connectivity index (χ1) is 9.24. The van der Waals surface area contributed by atoms with E-state index in [9.17, 15) is 4.79 Å². The number of likely N-dealkylation sites (tertiary alicyclic amines) is 1. The molecule has 2 heterocycles. The largest absolute Gasteiger partial charge is 0.361 e. The number of anilines is 1. The van der Waals surface area contributed by atoms with E-state index in [1.54, 1.807) is 0 Å². The molecule has 0 radical (unpaired) electrons. The lowest BCUT2D eigenvalue weighted by Gasteiger charge is -2.30. The van der Waals surface area contributed by atoms with Crippen LogP contribution in [0.15, 0.2) is 30.5 Å². The molecule has 0 bridgehead atoms. The van der Waals surface area contributed by atoms with Crippen molar-refractivity contribution < 1.29 is 4.79 Å². The van der Waals surface area contributed by atoms with Gasteiger partial charge in [0.15, 0.2) is 0 Å². The number of carbonyl (C=O) groups excluding carboxylic acids is 1. The van der Waals surface area contributed by atoms with E-state index in [4.69, 9.17) is 0 Å². The third-order valence-electron chi connectivity index (χ3n) is 3.91. The molecule has 2 aromatic rings. The molecular weight excluding hydrogens is 238 g/mol. The van der Waals surface area contributed by atoms with Gasteiger partial charge < -0.3 is 15.2 Å². The van der Waals surface area contributed by atoms with E-state index in [0.29, 0.717) is 0 Å². The van der Waals surface area contributed by atoms with Crippen LogP contribution in [-0.4, -0.2) is 29.0 Å². The molecule has 1 aliphatic heterocycles. The van der Waals surface area contributed by atoms with E-state index in [1.807, 2.05) is 35.4 Å². The minimum absolute atomic E-state index is 0.0144. The van der Waals surface area contributed by atoms with Crippen molar-refractivity contribution in [1.29, 1.82) is 0 Å². The van der Waals surface area contributed by atoms with Crippen LogP contribution in [0.25, 0.3) is 10.9 Å². The van der Waals surface area contributed by atoms with E-state index in [-0.39, 0.29) is 6.03 Å². The topological polar surface area (TPSA) is 48.1 Å². The molecule has 2 amide bonds. The molecule has 0 spiro atoms. The Kier molecular flexibility index (Phi) is 3.15. The van der Waals surface area contributed by atoms with Crippen molar-refractivity contribution in [2.45, 2.75) is 19.8 Å². The fraction of sp³-hybridized carbons (Fsp3) is 0.400. The summed E-state index contributed by atoms with van der Waals surface area (Å²) in [6.45, 7) is 3.96. The Morgan fingerprint density at radius 1 is 1.32 bits per heavy atom. The summed E-state index contributed by atoms with van der Waals surface area (Å²) in [6, 6.07) is 7.91. The monoisotopic (exact) mass is 257 g/mol. The van der Waals surface area contributed by atoms with Crippen LogP contribution in [0.3, 0.4) is 0 Å². The van der Waals surface area contributed by atoms with Crippen LogP contribution in [0, 0.1) is 5.92 Å². The molecule has 1 aliphatic rings. The van der Waals surface area contributed by atoms with Gasteiger partial charge in [0.05, 0.1) is 5.69 Å². The lowest BCUT2D eigenvalue weighted by Crippen LogP contribution is -2.40. The van der Waals surface area contributed by atoms with E-state index >= 15 is 0 Å². The lowest BCUT2D eigenvalue weighted by atomic mass is 10.00. The number of hydrogen-bond donors (Lipinski definition) is 2. The maximum absolute atomic E-state index is 12.2. The zero-order valence-corrected chi connectivity index (χ0v) is 11.1. The van der Waals surface area contributed by atoms with Crippen LogP contribution >= 0.6 is 0 Å². The third kappa shape index (κ3) is 2.43. The SMILES string of the molecule is CC1CCN(C(=O)Nc2cccc3[nH]ccc23)CC1. The van der Waals surface area contributed by atoms with E-state index in [0.717, 1.165) is 48.4 Å². The quantitative estimate of drug-likeness (QED) is 0.807. The van der Waals surface area contributed by atoms with Crippen LogP contribution in [0.1, 0.15) is 19.8 Å². The van der Waals surface area contributed by atoms with Gasteiger partial charge in [0.1, 0.15) is 0 Å². The number of amides is 2. The number of piperidine rings is 1. The van der Waals surface area contributed by atoms with Gasteiger partial charge in [-0.05, 0) is 37.0 Å². The zero-order chi connectivity index (χ0) is 13.2. The highest BCUT2D eigenvalue weighted by molar-refractivity contribution is 6.00. The standard InChI is InChI=1S/C15H19N3O/c1-11-6-9-18(10-7-11)15(19)17-14-4-2-3-13-12(14)5-8-16-13/h2-5,8,11,16H,6-7,9-10H2,1H3,(H,17,19). The summed E-state index contributed by atoms with van der Waals surface area (Å²) in [6.07, 6.45) is 4.09. The molecule has 1 fully saturated rings. The van der Waals surface area contributed by atoms with Crippen LogP contribution in [0.5, 0.6) is 0 Å². The lowest BCUT2D eigenvalue weighted by molar-refractivity contribution is 0.186. The Balaban J connectivity index is 1.74. The maximum atomic E-state index is 12.2. The van der Waals surface area contributed by atoms with Crippen LogP contribution in [-0.2, 0) is 0 Å². The minimum Gasteiger partial charge on any atom is -0.361 e. The first-order valence-electron chi connectivity index (χ1n) is 6.86. The molecule has 1 aromatic heterocycles. The summed E-state index contributed by atoms with van der Waals surface area (Å²) in [5.41, 5.74) is 1.92. The van der Waals surface area contributed by atoms with Crippen molar-refractivity contribution in [2.75, 3.05) is 18.4 Å². The van der Waals surface area contributed by atoms with Crippen molar-refractivity contribution in [3.8, 4) is 0 Å². The molecule has 0 saturated carbocycles. The number of aromatic amines is 1. The van der Waals surface area contributed by atoms with Crippen LogP contribution in [0.2, 0.25) is 0 Å². The Morgan fingerprint density at radius 2 is 2.11 bits per heavy atom.